The molecule has 86 valence electrons. The van der Waals surface area contributed by atoms with Crippen LogP contribution < -0.4 is 5.32 Å². The second-order valence-electron chi connectivity index (χ2n) is 3.93. The molecular formula is C13H16FNO. The maximum absolute atomic E-state index is 13.7. The standard InChI is InChI=1S/C13H16FNO/c1-3-15-7-6-10-8-16-13-9(2)4-5-11(14)12(10)13/h4-5,8,15H,3,6-7H2,1-2H3. The lowest BCUT2D eigenvalue weighted by atomic mass is 10.1. The van der Waals surface area contributed by atoms with E-state index >= 15 is 0 Å². The Bertz CT molecular complexity index is 490. The fourth-order valence-electron chi connectivity index (χ4n) is 1.89. The fourth-order valence-corrected chi connectivity index (χ4v) is 1.89. The fraction of sp³-hybridized carbons (Fsp3) is 0.385. The minimum atomic E-state index is -0.194. The van der Waals surface area contributed by atoms with Gasteiger partial charge in [-0.25, -0.2) is 4.39 Å². The Morgan fingerprint density at radius 3 is 2.94 bits per heavy atom. The van der Waals surface area contributed by atoms with Crippen molar-refractivity contribution in [3.63, 3.8) is 0 Å². The van der Waals surface area contributed by atoms with Crippen LogP contribution in [-0.4, -0.2) is 13.1 Å². The summed E-state index contributed by atoms with van der Waals surface area (Å²) in [5.41, 5.74) is 2.59. The summed E-state index contributed by atoms with van der Waals surface area (Å²) in [6, 6.07) is 3.25. The van der Waals surface area contributed by atoms with E-state index in [1.54, 1.807) is 12.3 Å². The molecule has 0 fully saturated rings. The first kappa shape index (κ1) is 11.1. The summed E-state index contributed by atoms with van der Waals surface area (Å²) in [4.78, 5) is 0. The van der Waals surface area contributed by atoms with Crippen molar-refractivity contribution in [2.24, 2.45) is 0 Å². The molecule has 0 bridgehead atoms. The molecule has 0 atom stereocenters. The summed E-state index contributed by atoms with van der Waals surface area (Å²) >= 11 is 0. The largest absolute Gasteiger partial charge is 0.464 e. The summed E-state index contributed by atoms with van der Waals surface area (Å²) in [5, 5.41) is 3.86. The lowest BCUT2D eigenvalue weighted by Gasteiger charge is -2.01. The van der Waals surface area contributed by atoms with Gasteiger partial charge in [-0.2, -0.15) is 0 Å². The van der Waals surface area contributed by atoms with Crippen LogP contribution in [0, 0.1) is 12.7 Å². The molecular weight excluding hydrogens is 205 g/mol. The Kier molecular flexibility index (Phi) is 3.25. The average molecular weight is 221 g/mol. The SMILES string of the molecule is CCNCCc1coc2c(C)ccc(F)c12. The van der Waals surface area contributed by atoms with Crippen LogP contribution in [0.15, 0.2) is 22.8 Å². The van der Waals surface area contributed by atoms with Crippen LogP contribution in [0.5, 0.6) is 0 Å². The number of hydrogen-bond donors (Lipinski definition) is 1. The number of aryl methyl sites for hydroxylation is 1. The number of fused-ring (bicyclic) bond motifs is 1. The number of rotatable bonds is 4. The predicted octanol–water partition coefficient (Wildman–Crippen LogP) is 3.03. The Morgan fingerprint density at radius 2 is 2.19 bits per heavy atom. The Balaban J connectivity index is 2.36. The molecule has 1 N–H and O–H groups in total. The summed E-state index contributed by atoms with van der Waals surface area (Å²) < 4.78 is 19.1. The van der Waals surface area contributed by atoms with E-state index in [1.807, 2.05) is 6.92 Å². The van der Waals surface area contributed by atoms with E-state index < -0.39 is 0 Å². The van der Waals surface area contributed by atoms with E-state index in [9.17, 15) is 4.39 Å². The van der Waals surface area contributed by atoms with Gasteiger partial charge in [-0.15, -0.1) is 0 Å². The van der Waals surface area contributed by atoms with E-state index in [1.165, 1.54) is 6.07 Å². The number of hydrogen-bond acceptors (Lipinski definition) is 2. The molecule has 1 aromatic heterocycles. The van der Waals surface area contributed by atoms with Crippen molar-refractivity contribution in [1.29, 1.82) is 0 Å². The van der Waals surface area contributed by atoms with Crippen molar-refractivity contribution in [2.75, 3.05) is 13.1 Å². The molecule has 2 aromatic rings. The van der Waals surface area contributed by atoms with Crippen molar-refractivity contribution >= 4 is 11.0 Å². The highest BCUT2D eigenvalue weighted by atomic mass is 19.1. The van der Waals surface area contributed by atoms with Crippen LogP contribution in [0.4, 0.5) is 4.39 Å². The lowest BCUT2D eigenvalue weighted by molar-refractivity contribution is 0.602. The smallest absolute Gasteiger partial charge is 0.139 e. The highest BCUT2D eigenvalue weighted by molar-refractivity contribution is 5.84. The maximum Gasteiger partial charge on any atom is 0.139 e. The number of likely N-dealkylation sites (N-methyl/N-ethyl adjacent to an activating group) is 1. The first-order chi connectivity index (χ1) is 7.74. The molecule has 0 aliphatic rings. The average Bonchev–Trinajstić information content (AvgIpc) is 2.69. The Morgan fingerprint density at radius 1 is 1.38 bits per heavy atom. The molecule has 0 aliphatic carbocycles. The van der Waals surface area contributed by atoms with E-state index in [0.717, 1.165) is 30.6 Å². The van der Waals surface area contributed by atoms with Crippen LogP contribution in [0.1, 0.15) is 18.1 Å². The van der Waals surface area contributed by atoms with Crippen molar-refractivity contribution in [3.8, 4) is 0 Å². The quantitative estimate of drug-likeness (QED) is 0.803. The molecule has 0 saturated heterocycles. The van der Waals surface area contributed by atoms with Gasteiger partial charge < -0.3 is 9.73 Å². The number of nitrogens with one attached hydrogen (secondary N) is 1. The van der Waals surface area contributed by atoms with Crippen LogP contribution >= 0.6 is 0 Å². The highest BCUT2D eigenvalue weighted by Gasteiger charge is 2.12. The van der Waals surface area contributed by atoms with Crippen molar-refractivity contribution in [2.45, 2.75) is 20.3 Å². The molecule has 0 spiro atoms. The lowest BCUT2D eigenvalue weighted by Crippen LogP contribution is -2.15. The highest BCUT2D eigenvalue weighted by Crippen LogP contribution is 2.27. The van der Waals surface area contributed by atoms with Gasteiger partial charge in [-0.05, 0) is 38.1 Å². The number of furan rings is 1. The molecule has 0 aliphatic heterocycles. The summed E-state index contributed by atoms with van der Waals surface area (Å²) in [6.45, 7) is 5.76. The van der Waals surface area contributed by atoms with Gasteiger partial charge >= 0.3 is 0 Å². The van der Waals surface area contributed by atoms with Gasteiger partial charge in [0.25, 0.3) is 0 Å². The van der Waals surface area contributed by atoms with Gasteiger partial charge in [-0.1, -0.05) is 13.0 Å². The first-order valence-corrected chi connectivity index (χ1v) is 5.60. The van der Waals surface area contributed by atoms with Crippen molar-refractivity contribution < 1.29 is 8.81 Å². The Labute approximate surface area is 94.4 Å². The topological polar surface area (TPSA) is 25.2 Å². The zero-order chi connectivity index (χ0) is 11.5. The molecule has 1 aromatic carbocycles. The third-order valence-corrected chi connectivity index (χ3v) is 2.76. The molecule has 16 heavy (non-hydrogen) atoms. The van der Waals surface area contributed by atoms with E-state index in [2.05, 4.69) is 12.2 Å². The zero-order valence-electron chi connectivity index (χ0n) is 9.64. The molecule has 0 amide bonds. The molecule has 0 saturated carbocycles. The second kappa shape index (κ2) is 4.66. The van der Waals surface area contributed by atoms with Gasteiger partial charge in [0.15, 0.2) is 0 Å². The monoisotopic (exact) mass is 221 g/mol. The molecule has 3 heteroatoms. The van der Waals surface area contributed by atoms with Gasteiger partial charge in [0.05, 0.1) is 11.6 Å². The minimum absolute atomic E-state index is 0.194. The van der Waals surface area contributed by atoms with Gasteiger partial charge in [0.2, 0.25) is 0 Å². The second-order valence-corrected chi connectivity index (χ2v) is 3.93. The van der Waals surface area contributed by atoms with Crippen LogP contribution in [0.3, 0.4) is 0 Å². The van der Waals surface area contributed by atoms with Crippen LogP contribution in [-0.2, 0) is 6.42 Å². The number of halogens is 1. The summed E-state index contributed by atoms with van der Waals surface area (Å²) in [6.07, 6.45) is 2.46. The normalized spacial score (nSPS) is 11.2. The molecule has 0 unspecified atom stereocenters. The van der Waals surface area contributed by atoms with Gasteiger partial charge in [-0.3, -0.25) is 0 Å². The molecule has 2 nitrogen and oxygen atoms in total. The van der Waals surface area contributed by atoms with E-state index in [4.69, 9.17) is 4.42 Å². The molecule has 1 heterocycles. The van der Waals surface area contributed by atoms with Crippen LogP contribution in [0.2, 0.25) is 0 Å². The van der Waals surface area contributed by atoms with Crippen LogP contribution in [0.25, 0.3) is 11.0 Å². The molecule has 2 rings (SSSR count). The van der Waals surface area contributed by atoms with E-state index in [-0.39, 0.29) is 5.82 Å². The Hall–Kier alpha value is -1.35. The third kappa shape index (κ3) is 1.95. The zero-order valence-corrected chi connectivity index (χ0v) is 9.64. The molecule has 0 radical (unpaired) electrons. The summed E-state index contributed by atoms with van der Waals surface area (Å²) in [5.74, 6) is -0.194. The third-order valence-electron chi connectivity index (χ3n) is 2.76. The van der Waals surface area contributed by atoms with Crippen molar-refractivity contribution in [1.82, 2.24) is 5.32 Å². The van der Waals surface area contributed by atoms with Gasteiger partial charge in [0.1, 0.15) is 11.4 Å². The minimum Gasteiger partial charge on any atom is -0.464 e. The first-order valence-electron chi connectivity index (χ1n) is 5.60. The van der Waals surface area contributed by atoms with Crippen molar-refractivity contribution in [3.05, 3.63) is 35.3 Å². The summed E-state index contributed by atoms with van der Waals surface area (Å²) in [7, 11) is 0. The maximum atomic E-state index is 13.7. The van der Waals surface area contributed by atoms with Gasteiger partial charge in [0, 0.05) is 5.56 Å². The predicted molar refractivity (Wildman–Crippen MR) is 63.2 cm³/mol. The van der Waals surface area contributed by atoms with E-state index in [0.29, 0.717) is 11.0 Å². The number of benzene rings is 1.